The van der Waals surface area contributed by atoms with Crippen LogP contribution in [0.5, 0.6) is 11.5 Å². The second-order valence-corrected chi connectivity index (χ2v) is 6.97. The Kier molecular flexibility index (Phi) is 5.38. The van der Waals surface area contributed by atoms with Gasteiger partial charge in [0, 0.05) is 36.1 Å². The van der Waals surface area contributed by atoms with Crippen LogP contribution in [-0.2, 0) is 19.5 Å². The average Bonchev–Trinajstić information content (AvgIpc) is 3.01. The van der Waals surface area contributed by atoms with Crippen molar-refractivity contribution in [3.8, 4) is 11.5 Å². The van der Waals surface area contributed by atoms with Gasteiger partial charge in [-0.3, -0.25) is 4.90 Å². The minimum atomic E-state index is -0.590. The van der Waals surface area contributed by atoms with Crippen molar-refractivity contribution in [3.63, 3.8) is 0 Å². The van der Waals surface area contributed by atoms with Crippen LogP contribution in [0.25, 0.3) is 0 Å². The van der Waals surface area contributed by atoms with Crippen LogP contribution in [0.2, 0.25) is 0 Å². The van der Waals surface area contributed by atoms with Gasteiger partial charge < -0.3 is 14.6 Å². The summed E-state index contributed by atoms with van der Waals surface area (Å²) in [6.45, 7) is 4.18. The molecule has 2 aromatic rings. The highest BCUT2D eigenvalue weighted by Crippen LogP contribution is 2.39. The fourth-order valence-electron chi connectivity index (χ4n) is 3.24. The van der Waals surface area contributed by atoms with Gasteiger partial charge in [0.05, 0.1) is 31.0 Å². The average molecular weight is 348 g/mol. The number of hydrogen-bond donors (Lipinski definition) is 1. The maximum Gasteiger partial charge on any atom is 0.125 e. The van der Waals surface area contributed by atoms with Crippen molar-refractivity contribution < 1.29 is 14.6 Å². The molecule has 6 heteroatoms. The molecule has 0 aliphatic carbocycles. The van der Waals surface area contributed by atoms with E-state index in [1.807, 2.05) is 12.1 Å². The highest BCUT2D eigenvalue weighted by molar-refractivity contribution is 7.09. The topological polar surface area (TPSA) is 54.8 Å². The number of aromatic nitrogens is 1. The van der Waals surface area contributed by atoms with E-state index in [9.17, 15) is 5.11 Å². The summed E-state index contributed by atoms with van der Waals surface area (Å²) in [6.07, 6.45) is 1.55. The molecular formula is C18H24N2O3S. The molecule has 0 spiro atoms. The zero-order chi connectivity index (χ0) is 17.1. The van der Waals surface area contributed by atoms with Crippen molar-refractivity contribution in [1.29, 1.82) is 0 Å². The Balaban J connectivity index is 1.82. The van der Waals surface area contributed by atoms with E-state index in [1.54, 1.807) is 25.6 Å². The first-order valence-electron chi connectivity index (χ1n) is 8.23. The maximum absolute atomic E-state index is 10.6. The molecule has 0 saturated carbocycles. The van der Waals surface area contributed by atoms with E-state index in [0.29, 0.717) is 13.1 Å². The Bertz CT molecular complexity index is 702. The third kappa shape index (κ3) is 3.41. The molecule has 5 nitrogen and oxygen atoms in total. The van der Waals surface area contributed by atoms with Crippen molar-refractivity contribution in [1.82, 2.24) is 9.88 Å². The van der Waals surface area contributed by atoms with Gasteiger partial charge in [-0.2, -0.15) is 0 Å². The molecule has 0 amide bonds. The lowest BCUT2D eigenvalue weighted by atomic mass is 9.95. The molecule has 1 atom stereocenters. The normalized spacial score (nSPS) is 17.6. The number of benzene rings is 1. The summed E-state index contributed by atoms with van der Waals surface area (Å²) in [5.74, 6) is 1.51. The quantitative estimate of drug-likeness (QED) is 0.869. The number of hydrogen-bond acceptors (Lipinski definition) is 6. The second-order valence-electron chi connectivity index (χ2n) is 6.03. The van der Waals surface area contributed by atoms with Crippen molar-refractivity contribution >= 4 is 11.3 Å². The van der Waals surface area contributed by atoms with Gasteiger partial charge in [-0.25, -0.2) is 4.98 Å². The summed E-state index contributed by atoms with van der Waals surface area (Å²) in [4.78, 5) is 6.90. The van der Waals surface area contributed by atoms with E-state index in [1.165, 1.54) is 5.01 Å². The minimum absolute atomic E-state index is 0.567. The summed E-state index contributed by atoms with van der Waals surface area (Å²) in [7, 11) is 3.29. The van der Waals surface area contributed by atoms with Gasteiger partial charge in [-0.05, 0) is 25.0 Å². The summed E-state index contributed by atoms with van der Waals surface area (Å²) in [6, 6.07) is 3.75. The van der Waals surface area contributed by atoms with Gasteiger partial charge in [0.25, 0.3) is 0 Å². The van der Waals surface area contributed by atoms with E-state index in [4.69, 9.17) is 14.5 Å². The van der Waals surface area contributed by atoms with Crippen LogP contribution in [0.4, 0.5) is 0 Å². The molecule has 1 N–H and O–H groups in total. The van der Waals surface area contributed by atoms with Crippen LogP contribution in [0.1, 0.15) is 41.3 Å². The van der Waals surface area contributed by atoms with Gasteiger partial charge in [-0.1, -0.05) is 6.92 Å². The van der Waals surface area contributed by atoms with Gasteiger partial charge in [-0.15, -0.1) is 11.3 Å². The molecule has 0 radical (unpaired) electrons. The number of aliphatic hydroxyl groups excluding tert-OH is 1. The highest BCUT2D eigenvalue weighted by atomic mass is 32.1. The number of rotatable bonds is 6. The first kappa shape index (κ1) is 17.2. The summed E-state index contributed by atoms with van der Waals surface area (Å²) in [5, 5.41) is 13.9. The fourth-order valence-corrected chi connectivity index (χ4v) is 4.14. The lowest BCUT2D eigenvalue weighted by Gasteiger charge is -2.33. The Morgan fingerprint density at radius 3 is 2.75 bits per heavy atom. The van der Waals surface area contributed by atoms with Crippen LogP contribution in [0.15, 0.2) is 17.5 Å². The summed E-state index contributed by atoms with van der Waals surface area (Å²) in [5.41, 5.74) is 2.92. The largest absolute Gasteiger partial charge is 0.496 e. The molecule has 0 fully saturated rings. The first-order valence-corrected chi connectivity index (χ1v) is 9.11. The van der Waals surface area contributed by atoms with Gasteiger partial charge >= 0.3 is 0 Å². The van der Waals surface area contributed by atoms with Crippen LogP contribution in [0, 0.1) is 0 Å². The fraction of sp³-hybridized carbons (Fsp3) is 0.500. The Morgan fingerprint density at radius 1 is 1.29 bits per heavy atom. The number of β-amino-alcohol motifs (C(OH)–C–C–N with tert-alkyl or cyclic N) is 1. The lowest BCUT2D eigenvalue weighted by Crippen LogP contribution is -2.33. The monoisotopic (exact) mass is 348 g/mol. The lowest BCUT2D eigenvalue weighted by molar-refractivity contribution is 0.0837. The summed E-state index contributed by atoms with van der Waals surface area (Å²) < 4.78 is 10.9. The van der Waals surface area contributed by atoms with Crippen LogP contribution >= 0.6 is 11.3 Å². The number of ether oxygens (including phenoxy) is 2. The predicted molar refractivity (Wildman–Crippen MR) is 94.7 cm³/mol. The van der Waals surface area contributed by atoms with E-state index >= 15 is 0 Å². The van der Waals surface area contributed by atoms with E-state index in [2.05, 4.69) is 17.2 Å². The van der Waals surface area contributed by atoms with Crippen molar-refractivity contribution in [2.24, 2.45) is 0 Å². The highest BCUT2D eigenvalue weighted by Gasteiger charge is 2.29. The Labute approximate surface area is 146 Å². The second kappa shape index (κ2) is 7.51. The number of thiazole rings is 1. The molecule has 3 rings (SSSR count). The smallest absolute Gasteiger partial charge is 0.125 e. The van der Waals surface area contributed by atoms with E-state index in [0.717, 1.165) is 47.7 Å². The van der Waals surface area contributed by atoms with Gasteiger partial charge in [0.1, 0.15) is 11.5 Å². The first-order chi connectivity index (χ1) is 11.7. The van der Waals surface area contributed by atoms with Gasteiger partial charge in [0.2, 0.25) is 0 Å². The number of aryl methyl sites for hydroxylation is 1. The molecule has 1 aliphatic heterocycles. The summed E-state index contributed by atoms with van der Waals surface area (Å²) >= 11 is 1.72. The van der Waals surface area contributed by atoms with E-state index in [-0.39, 0.29) is 0 Å². The van der Waals surface area contributed by atoms with Crippen molar-refractivity contribution in [3.05, 3.63) is 39.3 Å². The molecule has 1 unspecified atom stereocenters. The van der Waals surface area contributed by atoms with E-state index < -0.39 is 6.10 Å². The number of nitrogens with zero attached hydrogens (tertiary/aromatic N) is 2. The molecule has 2 heterocycles. The molecule has 24 heavy (non-hydrogen) atoms. The van der Waals surface area contributed by atoms with Crippen LogP contribution in [-0.4, -0.2) is 35.8 Å². The molecule has 1 aromatic heterocycles. The molecular weight excluding hydrogens is 324 g/mol. The minimum Gasteiger partial charge on any atom is -0.496 e. The standard InChI is InChI=1S/C18H24N2O3S/c1-4-5-17-19-12(11-24-17)8-20-9-13-15(22-2)6-7-16(23-3)18(13)14(21)10-20/h6-7,11,14,21H,4-5,8-10H2,1-3H3. The number of methoxy groups -OCH3 is 2. The number of fused-ring (bicyclic) bond motifs is 1. The molecule has 1 aliphatic rings. The zero-order valence-electron chi connectivity index (χ0n) is 14.4. The van der Waals surface area contributed by atoms with Crippen molar-refractivity contribution in [2.45, 2.75) is 39.0 Å². The molecule has 130 valence electrons. The van der Waals surface area contributed by atoms with Crippen LogP contribution < -0.4 is 9.47 Å². The number of aliphatic hydroxyl groups is 1. The Morgan fingerprint density at radius 2 is 2.04 bits per heavy atom. The van der Waals surface area contributed by atoms with Crippen molar-refractivity contribution in [2.75, 3.05) is 20.8 Å². The third-order valence-corrected chi connectivity index (χ3v) is 5.27. The molecule has 1 aromatic carbocycles. The van der Waals surface area contributed by atoms with Crippen LogP contribution in [0.3, 0.4) is 0 Å². The maximum atomic E-state index is 10.6. The Hall–Kier alpha value is -1.63. The molecule has 0 saturated heterocycles. The molecule has 0 bridgehead atoms. The third-order valence-electron chi connectivity index (χ3n) is 4.31. The van der Waals surface area contributed by atoms with Gasteiger partial charge in [0.15, 0.2) is 0 Å². The predicted octanol–water partition coefficient (Wildman–Crippen LogP) is 3.16. The SMILES string of the molecule is CCCc1nc(CN2Cc3c(OC)ccc(OC)c3C(O)C2)cs1. The zero-order valence-corrected chi connectivity index (χ0v) is 15.2.